The second-order valence-corrected chi connectivity index (χ2v) is 6.40. The monoisotopic (exact) mass is 405 g/mol. The van der Waals surface area contributed by atoms with Gasteiger partial charge < -0.3 is 19.5 Å². The molecule has 6 nitrogen and oxygen atoms in total. The highest BCUT2D eigenvalue weighted by atomic mass is 16.5. The van der Waals surface area contributed by atoms with E-state index in [1.165, 1.54) is 7.11 Å². The molecule has 0 amide bonds. The lowest BCUT2D eigenvalue weighted by Gasteiger charge is -2.13. The minimum absolute atomic E-state index is 0.178. The quantitative estimate of drug-likeness (QED) is 0.533. The van der Waals surface area contributed by atoms with Crippen molar-refractivity contribution in [2.45, 2.75) is 13.5 Å². The Kier molecular flexibility index (Phi) is 7.05. The third kappa shape index (κ3) is 5.38. The average Bonchev–Trinajstić information content (AvgIpc) is 2.79. The molecule has 0 aliphatic heterocycles. The van der Waals surface area contributed by atoms with Crippen LogP contribution in [0.3, 0.4) is 0 Å². The topological polar surface area (TPSA) is 73.9 Å². The minimum Gasteiger partial charge on any atom is -0.493 e. The lowest BCUT2D eigenvalue weighted by molar-refractivity contribution is 0.0468. The van der Waals surface area contributed by atoms with E-state index >= 15 is 0 Å². The summed E-state index contributed by atoms with van der Waals surface area (Å²) in [7, 11) is 1.34. The Morgan fingerprint density at radius 2 is 1.57 bits per heavy atom. The number of hydrogen-bond acceptors (Lipinski definition) is 6. The third-order valence-electron chi connectivity index (χ3n) is 4.31. The molecule has 1 N–H and O–H groups in total. The van der Waals surface area contributed by atoms with E-state index in [0.717, 1.165) is 11.3 Å². The Balaban J connectivity index is 1.76. The van der Waals surface area contributed by atoms with Crippen molar-refractivity contribution in [3.8, 4) is 5.75 Å². The van der Waals surface area contributed by atoms with Gasteiger partial charge >= 0.3 is 11.9 Å². The van der Waals surface area contributed by atoms with Crippen LogP contribution in [0.5, 0.6) is 5.75 Å². The Morgan fingerprint density at radius 1 is 0.867 bits per heavy atom. The van der Waals surface area contributed by atoms with Crippen LogP contribution in [-0.4, -0.2) is 25.7 Å². The summed E-state index contributed by atoms with van der Waals surface area (Å²) in [6, 6.07) is 21.6. The summed E-state index contributed by atoms with van der Waals surface area (Å²) in [6.07, 6.45) is 0. The van der Waals surface area contributed by atoms with E-state index in [4.69, 9.17) is 14.2 Å². The fraction of sp³-hybridized carbons (Fsp3) is 0.167. The number of anilines is 2. The van der Waals surface area contributed by atoms with Gasteiger partial charge in [-0.3, -0.25) is 0 Å². The highest BCUT2D eigenvalue weighted by molar-refractivity contribution is 5.94. The van der Waals surface area contributed by atoms with E-state index in [2.05, 4.69) is 5.32 Å². The highest BCUT2D eigenvalue weighted by Crippen LogP contribution is 2.26. The van der Waals surface area contributed by atoms with Crippen LogP contribution in [-0.2, 0) is 16.1 Å². The Hall–Kier alpha value is -3.80. The zero-order valence-electron chi connectivity index (χ0n) is 16.9. The largest absolute Gasteiger partial charge is 0.493 e. The molecule has 3 aromatic rings. The lowest BCUT2D eigenvalue weighted by atomic mass is 10.1. The molecule has 0 spiro atoms. The number of carbonyl (C=O) groups is 2. The summed E-state index contributed by atoms with van der Waals surface area (Å²) in [6.45, 7) is 2.47. The molecule has 0 bridgehead atoms. The van der Waals surface area contributed by atoms with E-state index in [-0.39, 0.29) is 6.61 Å². The second kappa shape index (κ2) is 10.1. The maximum Gasteiger partial charge on any atom is 0.342 e. The zero-order valence-corrected chi connectivity index (χ0v) is 16.9. The van der Waals surface area contributed by atoms with Gasteiger partial charge in [0.2, 0.25) is 0 Å². The number of benzene rings is 3. The van der Waals surface area contributed by atoms with Crippen molar-refractivity contribution in [3.63, 3.8) is 0 Å². The van der Waals surface area contributed by atoms with Crippen molar-refractivity contribution < 1.29 is 23.8 Å². The summed E-state index contributed by atoms with van der Waals surface area (Å²) < 4.78 is 15.8. The number of nitrogens with one attached hydrogen (secondary N) is 1. The number of methoxy groups -OCH3 is 1. The molecule has 0 saturated heterocycles. The van der Waals surface area contributed by atoms with Crippen LogP contribution < -0.4 is 10.1 Å². The van der Waals surface area contributed by atoms with Crippen LogP contribution in [0.2, 0.25) is 0 Å². The number of ether oxygens (including phenoxy) is 3. The lowest BCUT2D eigenvalue weighted by Crippen LogP contribution is -2.09. The van der Waals surface area contributed by atoms with E-state index < -0.39 is 11.9 Å². The molecule has 0 atom stereocenters. The van der Waals surface area contributed by atoms with E-state index in [9.17, 15) is 9.59 Å². The SMILES string of the molecule is CCOc1ccc(Nc2ccc(C(=O)OC)cc2)cc1C(=O)OCc1ccccc1. The van der Waals surface area contributed by atoms with Crippen molar-refractivity contribution in [2.75, 3.05) is 19.0 Å². The molecule has 30 heavy (non-hydrogen) atoms. The van der Waals surface area contributed by atoms with Crippen LogP contribution in [0.25, 0.3) is 0 Å². The third-order valence-corrected chi connectivity index (χ3v) is 4.31. The fourth-order valence-electron chi connectivity index (χ4n) is 2.82. The Morgan fingerprint density at radius 3 is 2.23 bits per heavy atom. The van der Waals surface area contributed by atoms with Gasteiger partial charge in [-0.05, 0) is 55.0 Å². The molecule has 0 aliphatic rings. The molecule has 154 valence electrons. The smallest absolute Gasteiger partial charge is 0.342 e. The van der Waals surface area contributed by atoms with Crippen molar-refractivity contribution in [2.24, 2.45) is 0 Å². The maximum absolute atomic E-state index is 12.7. The van der Waals surface area contributed by atoms with Crippen LogP contribution in [0.15, 0.2) is 72.8 Å². The summed E-state index contributed by atoms with van der Waals surface area (Å²) in [5.74, 6) is -0.403. The van der Waals surface area contributed by atoms with Gasteiger partial charge in [-0.15, -0.1) is 0 Å². The first-order valence-electron chi connectivity index (χ1n) is 9.54. The summed E-state index contributed by atoms with van der Waals surface area (Å²) >= 11 is 0. The van der Waals surface area contributed by atoms with Gasteiger partial charge in [0.1, 0.15) is 17.9 Å². The van der Waals surface area contributed by atoms with Gasteiger partial charge in [0.05, 0.1) is 19.3 Å². The molecule has 3 rings (SSSR count). The molecular formula is C24H23NO5. The number of rotatable bonds is 8. The molecule has 0 aromatic heterocycles. The summed E-state index contributed by atoms with van der Waals surface area (Å²) in [4.78, 5) is 24.2. The molecule has 0 aliphatic carbocycles. The first kappa shape index (κ1) is 20.9. The molecule has 0 radical (unpaired) electrons. The van der Waals surface area contributed by atoms with Gasteiger partial charge in [-0.25, -0.2) is 9.59 Å². The van der Waals surface area contributed by atoms with Crippen molar-refractivity contribution >= 4 is 23.3 Å². The van der Waals surface area contributed by atoms with Crippen LogP contribution in [0.4, 0.5) is 11.4 Å². The van der Waals surface area contributed by atoms with Gasteiger partial charge in [-0.1, -0.05) is 30.3 Å². The molecule has 6 heteroatoms. The predicted octanol–water partition coefficient (Wildman–Crippen LogP) is 4.97. The van der Waals surface area contributed by atoms with Crippen LogP contribution in [0, 0.1) is 0 Å². The highest BCUT2D eigenvalue weighted by Gasteiger charge is 2.16. The van der Waals surface area contributed by atoms with Crippen molar-refractivity contribution in [3.05, 3.63) is 89.5 Å². The Labute approximate surface area is 175 Å². The average molecular weight is 405 g/mol. The van der Waals surface area contributed by atoms with Crippen molar-refractivity contribution in [1.82, 2.24) is 0 Å². The molecule has 0 fully saturated rings. The fourth-order valence-corrected chi connectivity index (χ4v) is 2.82. The maximum atomic E-state index is 12.7. The second-order valence-electron chi connectivity index (χ2n) is 6.40. The van der Waals surface area contributed by atoms with Gasteiger partial charge in [0.15, 0.2) is 0 Å². The van der Waals surface area contributed by atoms with Crippen LogP contribution in [0.1, 0.15) is 33.2 Å². The number of hydrogen-bond donors (Lipinski definition) is 1. The predicted molar refractivity (Wildman–Crippen MR) is 114 cm³/mol. The molecule has 0 saturated carbocycles. The standard InChI is InChI=1S/C24H23NO5/c1-3-29-22-14-13-20(25-19-11-9-18(10-12-19)23(26)28-2)15-21(22)24(27)30-16-17-7-5-4-6-8-17/h4-15,25H,3,16H2,1-2H3. The molecular weight excluding hydrogens is 382 g/mol. The Bertz CT molecular complexity index is 1000. The molecule has 0 unspecified atom stereocenters. The molecule has 3 aromatic carbocycles. The van der Waals surface area contributed by atoms with E-state index in [1.54, 1.807) is 36.4 Å². The normalized spacial score (nSPS) is 10.2. The van der Waals surface area contributed by atoms with Gasteiger partial charge in [-0.2, -0.15) is 0 Å². The first-order valence-corrected chi connectivity index (χ1v) is 9.54. The first-order chi connectivity index (χ1) is 14.6. The van der Waals surface area contributed by atoms with Crippen LogP contribution >= 0.6 is 0 Å². The van der Waals surface area contributed by atoms with Gasteiger partial charge in [0.25, 0.3) is 0 Å². The van der Waals surface area contributed by atoms with Gasteiger partial charge in [0, 0.05) is 11.4 Å². The molecule has 0 heterocycles. The van der Waals surface area contributed by atoms with Crippen molar-refractivity contribution in [1.29, 1.82) is 0 Å². The van der Waals surface area contributed by atoms with E-state index in [1.807, 2.05) is 43.3 Å². The zero-order chi connectivity index (χ0) is 21.3. The van der Waals surface area contributed by atoms with E-state index in [0.29, 0.717) is 29.2 Å². The number of esters is 2. The minimum atomic E-state index is -0.466. The number of carbonyl (C=O) groups excluding carboxylic acids is 2. The summed E-state index contributed by atoms with van der Waals surface area (Å²) in [5.41, 5.74) is 3.15. The summed E-state index contributed by atoms with van der Waals surface area (Å²) in [5, 5.41) is 3.21.